The van der Waals surface area contributed by atoms with E-state index in [2.05, 4.69) is 10.2 Å². The molecule has 50 heavy (non-hydrogen) atoms. The number of carbonyl (C=O) groups is 3. The molecule has 1 atom stereocenters. The number of alkyl halides is 5. The number of aliphatic hydroxyl groups excluding tert-OH is 1. The molecule has 2 aromatic rings. The zero-order valence-corrected chi connectivity index (χ0v) is 29.0. The van der Waals surface area contributed by atoms with Crippen molar-refractivity contribution in [2.75, 3.05) is 44.2 Å². The van der Waals surface area contributed by atoms with E-state index in [0.717, 1.165) is 44.5 Å². The summed E-state index contributed by atoms with van der Waals surface area (Å²) in [5, 5.41) is 13.8. The van der Waals surface area contributed by atoms with E-state index in [4.69, 9.17) is 16.3 Å². The summed E-state index contributed by atoms with van der Waals surface area (Å²) in [6.45, 7) is 9.50. The molecule has 0 aromatic heterocycles. The summed E-state index contributed by atoms with van der Waals surface area (Å²) in [5.41, 5.74) is 1.56. The van der Waals surface area contributed by atoms with E-state index in [1.54, 1.807) is 23.1 Å². The smallest absolute Gasteiger partial charge is 0.444 e. The fraction of sp³-hybridized carbons (Fsp3) is 0.571. The number of nitrogens with zero attached hydrogens (tertiary/aromatic N) is 3. The topological polar surface area (TPSA) is 102 Å². The molecule has 3 heterocycles. The minimum absolute atomic E-state index is 0.133. The van der Waals surface area contributed by atoms with Crippen LogP contribution in [0.5, 0.6) is 0 Å². The lowest BCUT2D eigenvalue weighted by molar-refractivity contribution is -0.219. The van der Waals surface area contributed by atoms with Crippen LogP contribution in [0.2, 0.25) is 5.02 Å². The Morgan fingerprint density at radius 1 is 0.880 bits per heavy atom. The molecule has 276 valence electrons. The quantitative estimate of drug-likeness (QED) is 0.322. The number of ether oxygens (including phenoxy) is 1. The minimum Gasteiger partial charge on any atom is -0.444 e. The summed E-state index contributed by atoms with van der Waals surface area (Å²) in [6, 6.07) is 14.6. The second-order valence-electron chi connectivity index (χ2n) is 13.9. The third kappa shape index (κ3) is 10.7. The van der Waals surface area contributed by atoms with Crippen LogP contribution >= 0.6 is 11.6 Å². The average Bonchev–Trinajstić information content (AvgIpc) is 3.05. The zero-order chi connectivity index (χ0) is 36.8. The summed E-state index contributed by atoms with van der Waals surface area (Å²) in [5.74, 6) is 0.842. The van der Waals surface area contributed by atoms with Gasteiger partial charge >= 0.3 is 18.7 Å². The number of carbonyl (C=O) groups excluding carboxylic acids is 3. The van der Waals surface area contributed by atoms with E-state index in [-0.39, 0.29) is 17.9 Å². The second-order valence-corrected chi connectivity index (χ2v) is 14.3. The summed E-state index contributed by atoms with van der Waals surface area (Å²) < 4.78 is 57.4. The van der Waals surface area contributed by atoms with Gasteiger partial charge in [-0.3, -0.25) is 9.59 Å². The predicted octanol–water partition coefficient (Wildman–Crippen LogP) is 6.69. The largest absolute Gasteiger partial charge is 0.450 e. The van der Waals surface area contributed by atoms with Gasteiger partial charge in [-0.15, -0.1) is 0 Å². The third-order valence-electron chi connectivity index (χ3n) is 9.09. The molecule has 3 amide bonds. The monoisotopic (exact) mass is 730 g/mol. The molecule has 0 saturated carbocycles. The number of rotatable bonds is 6. The molecular weight excluding hydrogens is 687 g/mol. The van der Waals surface area contributed by atoms with Crippen LogP contribution in [-0.4, -0.2) is 96.3 Å². The maximum absolute atomic E-state index is 13.0. The van der Waals surface area contributed by atoms with Crippen molar-refractivity contribution in [3.8, 4) is 0 Å². The van der Waals surface area contributed by atoms with Crippen molar-refractivity contribution in [2.45, 2.75) is 76.8 Å². The van der Waals surface area contributed by atoms with Gasteiger partial charge in [0, 0.05) is 45.0 Å². The molecule has 5 rings (SSSR count). The normalized spacial score (nSPS) is 18.6. The van der Waals surface area contributed by atoms with Gasteiger partial charge in [-0.05, 0) is 82.1 Å². The Morgan fingerprint density at radius 2 is 1.42 bits per heavy atom. The molecular formula is C35H44ClF5N4O5. The zero-order valence-electron chi connectivity index (χ0n) is 28.3. The molecule has 2 aromatic carbocycles. The number of alkyl carbamates (subject to hydrolysis) is 1. The molecule has 0 spiro atoms. The number of benzene rings is 2. The number of hydrogen-bond acceptors (Lipinski definition) is 6. The predicted molar refractivity (Wildman–Crippen MR) is 178 cm³/mol. The summed E-state index contributed by atoms with van der Waals surface area (Å²) in [7, 11) is 0. The van der Waals surface area contributed by atoms with Crippen LogP contribution in [0.4, 0.5) is 32.4 Å². The van der Waals surface area contributed by atoms with Crippen molar-refractivity contribution in [1.82, 2.24) is 15.1 Å². The maximum Gasteiger partial charge on any atom is 0.450 e. The number of amides is 3. The molecule has 1 unspecified atom stereocenters. The maximum atomic E-state index is 13.0. The highest BCUT2D eigenvalue weighted by Gasteiger charge is 2.40. The van der Waals surface area contributed by atoms with Crippen LogP contribution < -0.4 is 10.2 Å². The van der Waals surface area contributed by atoms with Gasteiger partial charge in [-0.1, -0.05) is 41.9 Å². The van der Waals surface area contributed by atoms with E-state index in [0.29, 0.717) is 54.2 Å². The van der Waals surface area contributed by atoms with Crippen molar-refractivity contribution in [3.63, 3.8) is 0 Å². The first kappa shape index (κ1) is 39.1. The molecule has 3 saturated heterocycles. The lowest BCUT2D eigenvalue weighted by atomic mass is 9.78. The highest BCUT2D eigenvalue weighted by molar-refractivity contribution is 6.34. The van der Waals surface area contributed by atoms with Crippen LogP contribution in [0.3, 0.4) is 0 Å². The SMILES string of the molecule is CC(C)(C)OC(=O)NC1CN(C(=O)c2ccc(N3CCC(C4CCN(C(=O)C(O)c5ccccc5)CC4)CC3)cc2Cl)C1.FC(F)C(F)(F)F. The highest BCUT2D eigenvalue weighted by Crippen LogP contribution is 2.36. The van der Waals surface area contributed by atoms with Gasteiger partial charge in [0.2, 0.25) is 0 Å². The van der Waals surface area contributed by atoms with Gasteiger partial charge in [-0.25, -0.2) is 13.6 Å². The summed E-state index contributed by atoms with van der Waals surface area (Å²) >= 11 is 6.60. The van der Waals surface area contributed by atoms with Gasteiger partial charge < -0.3 is 29.9 Å². The Hall–Kier alpha value is -3.65. The number of nitrogens with one attached hydrogen (secondary N) is 1. The van der Waals surface area contributed by atoms with Gasteiger partial charge in [0.1, 0.15) is 5.60 Å². The standard InChI is InChI=1S/C33H43ClN4O5.C2HF5/c1-33(2,3)43-32(42)35-25-20-38(21-25)30(40)27-10-9-26(19-28(27)34)36-15-11-22(12-16-36)23-13-17-37(18-14-23)31(41)29(39)24-7-5-4-6-8-24;3-1(4)2(5,6)7/h4-10,19,22-23,25,29,39H,11-18,20-21H2,1-3H3,(H,35,42);1H. The van der Waals surface area contributed by atoms with Crippen molar-refractivity contribution in [1.29, 1.82) is 0 Å². The van der Waals surface area contributed by atoms with E-state index >= 15 is 0 Å². The van der Waals surface area contributed by atoms with Gasteiger partial charge in [-0.2, -0.15) is 13.2 Å². The molecule has 15 heteroatoms. The van der Waals surface area contributed by atoms with Crippen molar-refractivity contribution in [2.24, 2.45) is 11.8 Å². The first-order valence-corrected chi connectivity index (χ1v) is 17.0. The Morgan fingerprint density at radius 3 is 1.92 bits per heavy atom. The lowest BCUT2D eigenvalue weighted by Gasteiger charge is -2.41. The molecule has 3 fully saturated rings. The van der Waals surface area contributed by atoms with Crippen LogP contribution in [0, 0.1) is 11.8 Å². The lowest BCUT2D eigenvalue weighted by Crippen LogP contribution is -2.61. The first-order valence-electron chi connectivity index (χ1n) is 16.6. The summed E-state index contributed by atoms with van der Waals surface area (Å²) in [4.78, 5) is 43.7. The van der Waals surface area contributed by atoms with E-state index in [1.807, 2.05) is 56.0 Å². The van der Waals surface area contributed by atoms with Crippen LogP contribution in [0.1, 0.15) is 68.5 Å². The Labute approximate surface area is 293 Å². The Kier molecular flexibility index (Phi) is 13.0. The number of likely N-dealkylation sites (tertiary alicyclic amines) is 2. The van der Waals surface area contributed by atoms with Crippen LogP contribution in [0.15, 0.2) is 48.5 Å². The molecule has 0 aliphatic carbocycles. The molecule has 0 radical (unpaired) electrons. The number of piperidine rings is 2. The number of halogens is 6. The number of hydrogen-bond donors (Lipinski definition) is 2. The third-order valence-corrected chi connectivity index (χ3v) is 9.40. The van der Waals surface area contributed by atoms with Crippen LogP contribution in [0.25, 0.3) is 0 Å². The van der Waals surface area contributed by atoms with E-state index < -0.39 is 30.4 Å². The van der Waals surface area contributed by atoms with Crippen molar-refractivity contribution >= 4 is 35.2 Å². The average molecular weight is 731 g/mol. The molecule has 0 bridgehead atoms. The molecule has 2 N–H and O–H groups in total. The Bertz CT molecular complexity index is 1450. The van der Waals surface area contributed by atoms with Gasteiger partial charge in [0.05, 0.1) is 16.6 Å². The van der Waals surface area contributed by atoms with Crippen molar-refractivity contribution < 1.29 is 46.2 Å². The summed E-state index contributed by atoms with van der Waals surface area (Å²) in [6.07, 6.45) is -7.04. The molecule has 9 nitrogen and oxygen atoms in total. The fourth-order valence-electron chi connectivity index (χ4n) is 6.43. The number of aliphatic hydroxyl groups is 1. The highest BCUT2D eigenvalue weighted by atomic mass is 35.5. The number of anilines is 1. The van der Waals surface area contributed by atoms with Crippen LogP contribution in [-0.2, 0) is 9.53 Å². The first-order chi connectivity index (χ1) is 23.4. The molecule has 3 aliphatic rings. The van der Waals surface area contributed by atoms with Gasteiger partial charge in [0.15, 0.2) is 6.10 Å². The minimum atomic E-state index is -5.33. The second kappa shape index (κ2) is 16.6. The Balaban J connectivity index is 0.000000727. The van der Waals surface area contributed by atoms with Crippen molar-refractivity contribution in [3.05, 3.63) is 64.7 Å². The molecule has 3 aliphatic heterocycles. The van der Waals surface area contributed by atoms with Gasteiger partial charge in [0.25, 0.3) is 11.8 Å². The van der Waals surface area contributed by atoms with E-state index in [9.17, 15) is 41.4 Å². The van der Waals surface area contributed by atoms with E-state index in [1.165, 1.54) is 0 Å². The fourth-order valence-corrected chi connectivity index (χ4v) is 6.68.